The molecule has 102 valence electrons. The predicted octanol–water partition coefficient (Wildman–Crippen LogP) is 0.654. The van der Waals surface area contributed by atoms with Crippen molar-refractivity contribution in [2.45, 2.75) is 13.5 Å². The van der Waals surface area contributed by atoms with Gasteiger partial charge in [0, 0.05) is 31.9 Å². The second-order valence-corrected chi connectivity index (χ2v) is 4.86. The summed E-state index contributed by atoms with van der Waals surface area (Å²) < 4.78 is 1.59. The van der Waals surface area contributed by atoms with Crippen molar-refractivity contribution in [2.24, 2.45) is 0 Å². The first-order valence-electron chi connectivity index (χ1n) is 6.42. The van der Waals surface area contributed by atoms with Gasteiger partial charge in [-0.15, -0.1) is 0 Å². The lowest BCUT2D eigenvalue weighted by Gasteiger charge is -2.15. The number of aromatic nitrogens is 2. The third-order valence-electron chi connectivity index (χ3n) is 3.04. The highest BCUT2D eigenvalue weighted by atomic mass is 16.1. The van der Waals surface area contributed by atoms with Gasteiger partial charge in [-0.25, -0.2) is 4.98 Å². The van der Waals surface area contributed by atoms with Crippen LogP contribution in [-0.2, 0) is 6.54 Å². The molecule has 2 aromatic heterocycles. The van der Waals surface area contributed by atoms with Gasteiger partial charge in [0.1, 0.15) is 5.65 Å². The second-order valence-electron chi connectivity index (χ2n) is 4.86. The summed E-state index contributed by atoms with van der Waals surface area (Å²) in [6, 6.07) is 5.46. The smallest absolute Gasteiger partial charge is 0.258 e. The van der Waals surface area contributed by atoms with E-state index < -0.39 is 0 Å². The van der Waals surface area contributed by atoms with Crippen LogP contribution in [0.5, 0.6) is 0 Å². The second kappa shape index (κ2) is 5.95. The third kappa shape index (κ3) is 3.39. The molecular formula is C14H20N4O. The molecule has 0 unspecified atom stereocenters. The van der Waals surface area contributed by atoms with E-state index in [0.717, 1.165) is 24.3 Å². The molecule has 0 aromatic carbocycles. The molecule has 2 rings (SSSR count). The maximum absolute atomic E-state index is 12.0. The number of aryl methyl sites for hydroxylation is 1. The first-order chi connectivity index (χ1) is 9.10. The van der Waals surface area contributed by atoms with E-state index in [4.69, 9.17) is 0 Å². The lowest BCUT2D eigenvalue weighted by Crippen LogP contribution is -2.28. The van der Waals surface area contributed by atoms with Gasteiger partial charge < -0.3 is 5.32 Å². The number of nitrogens with zero attached hydrogens (tertiary/aromatic N) is 3. The highest BCUT2D eigenvalue weighted by Gasteiger charge is 2.05. The van der Waals surface area contributed by atoms with Gasteiger partial charge in [0.25, 0.3) is 5.56 Å². The van der Waals surface area contributed by atoms with Crippen LogP contribution in [0.15, 0.2) is 29.2 Å². The molecule has 2 aromatic rings. The molecule has 0 aliphatic heterocycles. The topological polar surface area (TPSA) is 49.6 Å². The molecule has 0 spiro atoms. The predicted molar refractivity (Wildman–Crippen MR) is 76.5 cm³/mol. The fourth-order valence-corrected chi connectivity index (χ4v) is 2.00. The maximum Gasteiger partial charge on any atom is 0.258 e. The Bertz CT molecular complexity index is 620. The van der Waals surface area contributed by atoms with Crippen LogP contribution in [0.3, 0.4) is 0 Å². The lowest BCUT2D eigenvalue weighted by atomic mass is 10.3. The molecule has 2 heterocycles. The number of nitrogens with one attached hydrogen (secondary N) is 1. The largest absolute Gasteiger partial charge is 0.318 e. The van der Waals surface area contributed by atoms with E-state index in [2.05, 4.69) is 15.2 Å². The maximum atomic E-state index is 12.0. The minimum absolute atomic E-state index is 0.0225. The van der Waals surface area contributed by atoms with Crippen LogP contribution in [0.2, 0.25) is 0 Å². The molecule has 0 fully saturated rings. The van der Waals surface area contributed by atoms with E-state index in [-0.39, 0.29) is 5.56 Å². The quantitative estimate of drug-likeness (QED) is 0.858. The Morgan fingerprint density at radius 3 is 2.95 bits per heavy atom. The fourth-order valence-electron chi connectivity index (χ4n) is 2.00. The number of fused-ring (bicyclic) bond motifs is 1. The zero-order chi connectivity index (χ0) is 13.8. The van der Waals surface area contributed by atoms with Gasteiger partial charge in [-0.3, -0.25) is 14.1 Å². The van der Waals surface area contributed by atoms with E-state index >= 15 is 0 Å². The number of hydrogen-bond donors (Lipinski definition) is 1. The SMILES string of the molecule is CNCCN(C)Cc1cc(=O)n2cc(C)ccc2n1. The van der Waals surface area contributed by atoms with Crippen molar-refractivity contribution in [1.82, 2.24) is 19.6 Å². The van der Waals surface area contributed by atoms with E-state index in [1.165, 1.54) is 0 Å². The molecule has 0 saturated carbocycles. The third-order valence-corrected chi connectivity index (χ3v) is 3.04. The molecule has 1 N–H and O–H groups in total. The van der Waals surface area contributed by atoms with Crippen molar-refractivity contribution in [2.75, 3.05) is 27.2 Å². The summed E-state index contributed by atoms with van der Waals surface area (Å²) in [5, 5.41) is 3.10. The molecular weight excluding hydrogens is 240 g/mol. The summed E-state index contributed by atoms with van der Waals surface area (Å²) in [6.45, 7) is 4.49. The van der Waals surface area contributed by atoms with Gasteiger partial charge in [-0.05, 0) is 32.6 Å². The summed E-state index contributed by atoms with van der Waals surface area (Å²) in [4.78, 5) is 18.7. The Labute approximate surface area is 112 Å². The van der Waals surface area contributed by atoms with Crippen molar-refractivity contribution in [1.29, 1.82) is 0 Å². The van der Waals surface area contributed by atoms with Crippen LogP contribution >= 0.6 is 0 Å². The average Bonchev–Trinajstić information content (AvgIpc) is 2.37. The Hall–Kier alpha value is -1.72. The van der Waals surface area contributed by atoms with Crippen molar-refractivity contribution in [3.8, 4) is 0 Å². The van der Waals surface area contributed by atoms with Gasteiger partial charge in [-0.2, -0.15) is 0 Å². The highest BCUT2D eigenvalue weighted by molar-refractivity contribution is 5.39. The Morgan fingerprint density at radius 1 is 1.42 bits per heavy atom. The van der Waals surface area contributed by atoms with E-state index in [0.29, 0.717) is 12.2 Å². The van der Waals surface area contributed by atoms with E-state index in [1.54, 1.807) is 10.5 Å². The van der Waals surface area contributed by atoms with Gasteiger partial charge in [-0.1, -0.05) is 6.07 Å². The van der Waals surface area contributed by atoms with Crippen molar-refractivity contribution < 1.29 is 0 Å². The summed E-state index contributed by atoms with van der Waals surface area (Å²) >= 11 is 0. The number of likely N-dealkylation sites (N-methyl/N-ethyl adjacent to an activating group) is 2. The Balaban J connectivity index is 2.26. The van der Waals surface area contributed by atoms with E-state index in [1.807, 2.05) is 39.3 Å². The Kier molecular flexibility index (Phi) is 4.29. The summed E-state index contributed by atoms with van der Waals surface area (Å²) in [6.07, 6.45) is 1.82. The number of pyridine rings is 1. The lowest BCUT2D eigenvalue weighted by molar-refractivity contribution is 0.324. The van der Waals surface area contributed by atoms with Gasteiger partial charge >= 0.3 is 0 Å². The zero-order valence-electron chi connectivity index (χ0n) is 11.7. The monoisotopic (exact) mass is 260 g/mol. The van der Waals surface area contributed by atoms with Crippen LogP contribution in [0.4, 0.5) is 0 Å². The van der Waals surface area contributed by atoms with Gasteiger partial charge in [0.05, 0.1) is 5.69 Å². The van der Waals surface area contributed by atoms with Crippen molar-refractivity contribution in [3.63, 3.8) is 0 Å². The normalized spacial score (nSPS) is 11.4. The summed E-state index contributed by atoms with van der Waals surface area (Å²) in [7, 11) is 3.95. The molecule has 0 saturated heterocycles. The Morgan fingerprint density at radius 2 is 2.21 bits per heavy atom. The molecule has 0 aliphatic carbocycles. The summed E-state index contributed by atoms with van der Waals surface area (Å²) in [5.41, 5.74) is 2.54. The molecule has 5 nitrogen and oxygen atoms in total. The molecule has 19 heavy (non-hydrogen) atoms. The molecule has 0 aliphatic rings. The minimum atomic E-state index is -0.0225. The standard InChI is InChI=1S/C14H20N4O/c1-11-4-5-13-16-12(8-14(19)18(13)9-11)10-17(3)7-6-15-2/h4-5,8-9,15H,6-7,10H2,1-3H3. The first kappa shape index (κ1) is 13.7. The first-order valence-corrected chi connectivity index (χ1v) is 6.42. The molecule has 0 bridgehead atoms. The van der Waals surface area contributed by atoms with Crippen molar-refractivity contribution in [3.05, 3.63) is 46.0 Å². The average molecular weight is 260 g/mol. The zero-order valence-corrected chi connectivity index (χ0v) is 11.7. The van der Waals surface area contributed by atoms with Crippen LogP contribution in [-0.4, -0.2) is 41.5 Å². The number of hydrogen-bond acceptors (Lipinski definition) is 4. The van der Waals surface area contributed by atoms with Crippen LogP contribution in [0, 0.1) is 6.92 Å². The van der Waals surface area contributed by atoms with Crippen molar-refractivity contribution >= 4 is 5.65 Å². The van der Waals surface area contributed by atoms with Gasteiger partial charge in [0.2, 0.25) is 0 Å². The van der Waals surface area contributed by atoms with Crippen LogP contribution < -0.4 is 10.9 Å². The molecule has 0 atom stereocenters. The molecule has 5 heteroatoms. The highest BCUT2D eigenvalue weighted by Crippen LogP contribution is 2.03. The van der Waals surface area contributed by atoms with Gasteiger partial charge in [0.15, 0.2) is 0 Å². The van der Waals surface area contributed by atoms with Crippen LogP contribution in [0.25, 0.3) is 5.65 Å². The summed E-state index contributed by atoms with van der Waals surface area (Å²) in [5.74, 6) is 0. The fraction of sp³-hybridized carbons (Fsp3) is 0.429. The van der Waals surface area contributed by atoms with Crippen LogP contribution in [0.1, 0.15) is 11.3 Å². The molecule has 0 amide bonds. The van der Waals surface area contributed by atoms with E-state index in [9.17, 15) is 4.79 Å². The minimum Gasteiger partial charge on any atom is -0.318 e. The number of rotatable bonds is 5. The molecule has 0 radical (unpaired) electrons.